The molecular formula is C14H18FN3. The molecule has 0 radical (unpaired) electrons. The van der Waals surface area contributed by atoms with Crippen molar-refractivity contribution in [3.63, 3.8) is 0 Å². The van der Waals surface area contributed by atoms with Gasteiger partial charge in [-0.1, -0.05) is 0 Å². The molecule has 3 nitrogen and oxygen atoms in total. The van der Waals surface area contributed by atoms with E-state index in [2.05, 4.69) is 36.3 Å². The highest BCUT2D eigenvalue weighted by molar-refractivity contribution is 5.62. The third-order valence-corrected chi connectivity index (χ3v) is 2.66. The summed E-state index contributed by atoms with van der Waals surface area (Å²) >= 11 is 0. The van der Waals surface area contributed by atoms with Gasteiger partial charge in [0.2, 0.25) is 0 Å². The molecule has 0 aliphatic heterocycles. The zero-order valence-corrected chi connectivity index (χ0v) is 10.9. The summed E-state index contributed by atoms with van der Waals surface area (Å²) in [5.41, 5.74) is 3.01. The maximum absolute atomic E-state index is 12.9. The number of rotatable bonds is 3. The molecule has 0 atom stereocenters. The zero-order chi connectivity index (χ0) is 13.2. The Labute approximate surface area is 106 Å². The quantitative estimate of drug-likeness (QED) is 0.875. The predicted molar refractivity (Wildman–Crippen MR) is 70.6 cm³/mol. The lowest BCUT2D eigenvalue weighted by atomic mass is 10.1. The molecule has 2 rings (SSSR count). The first-order valence-electron chi connectivity index (χ1n) is 5.99. The van der Waals surface area contributed by atoms with E-state index >= 15 is 0 Å². The van der Waals surface area contributed by atoms with Crippen molar-refractivity contribution in [3.05, 3.63) is 41.8 Å². The van der Waals surface area contributed by atoms with Gasteiger partial charge in [0.05, 0.1) is 11.9 Å². The average molecular weight is 247 g/mol. The molecule has 0 unspecified atom stereocenters. The van der Waals surface area contributed by atoms with Gasteiger partial charge in [-0.25, -0.2) is 4.39 Å². The van der Waals surface area contributed by atoms with Crippen molar-refractivity contribution in [3.8, 4) is 11.3 Å². The summed E-state index contributed by atoms with van der Waals surface area (Å²) in [6.07, 6.45) is 1.80. The minimum Gasteiger partial charge on any atom is -0.308 e. The molecular weight excluding hydrogens is 229 g/mol. The monoisotopic (exact) mass is 247 g/mol. The SMILES string of the molecule is CC(C)(C)NCc1cn[nH]c1-c1ccc(F)cc1. The van der Waals surface area contributed by atoms with Crippen molar-refractivity contribution >= 4 is 0 Å². The smallest absolute Gasteiger partial charge is 0.123 e. The van der Waals surface area contributed by atoms with E-state index in [1.54, 1.807) is 18.3 Å². The molecule has 0 spiro atoms. The van der Waals surface area contributed by atoms with E-state index in [0.29, 0.717) is 0 Å². The summed E-state index contributed by atoms with van der Waals surface area (Å²) in [7, 11) is 0. The molecule has 4 heteroatoms. The van der Waals surface area contributed by atoms with E-state index in [-0.39, 0.29) is 11.4 Å². The summed E-state index contributed by atoms with van der Waals surface area (Å²) in [6, 6.07) is 6.42. The van der Waals surface area contributed by atoms with Crippen molar-refractivity contribution in [2.24, 2.45) is 0 Å². The first-order chi connectivity index (χ1) is 8.46. The van der Waals surface area contributed by atoms with Crippen LogP contribution in [-0.4, -0.2) is 15.7 Å². The van der Waals surface area contributed by atoms with Crippen LogP contribution in [0.1, 0.15) is 26.3 Å². The van der Waals surface area contributed by atoms with Crippen LogP contribution in [0.5, 0.6) is 0 Å². The maximum Gasteiger partial charge on any atom is 0.123 e. The summed E-state index contributed by atoms with van der Waals surface area (Å²) in [4.78, 5) is 0. The number of nitrogens with zero attached hydrogens (tertiary/aromatic N) is 1. The van der Waals surface area contributed by atoms with Gasteiger partial charge in [-0.15, -0.1) is 0 Å². The van der Waals surface area contributed by atoms with Gasteiger partial charge in [0, 0.05) is 23.2 Å². The second kappa shape index (κ2) is 4.90. The number of aromatic nitrogens is 2. The normalized spacial score (nSPS) is 11.8. The van der Waals surface area contributed by atoms with Crippen LogP contribution in [0.4, 0.5) is 4.39 Å². The van der Waals surface area contributed by atoms with Crippen LogP contribution in [0, 0.1) is 5.82 Å². The van der Waals surface area contributed by atoms with E-state index in [1.165, 1.54) is 12.1 Å². The molecule has 2 aromatic rings. The van der Waals surface area contributed by atoms with Crippen LogP contribution in [0.25, 0.3) is 11.3 Å². The fraction of sp³-hybridized carbons (Fsp3) is 0.357. The molecule has 0 aliphatic carbocycles. The first-order valence-corrected chi connectivity index (χ1v) is 5.99. The van der Waals surface area contributed by atoms with Crippen molar-refractivity contribution in [2.45, 2.75) is 32.9 Å². The van der Waals surface area contributed by atoms with Gasteiger partial charge in [-0.3, -0.25) is 5.10 Å². The molecule has 0 amide bonds. The van der Waals surface area contributed by atoms with Crippen molar-refractivity contribution < 1.29 is 4.39 Å². The molecule has 1 aromatic heterocycles. The first kappa shape index (κ1) is 12.8. The van der Waals surface area contributed by atoms with Gasteiger partial charge in [-0.2, -0.15) is 5.10 Å². The van der Waals surface area contributed by atoms with Gasteiger partial charge in [0.1, 0.15) is 5.82 Å². The standard InChI is InChI=1S/C14H18FN3/c1-14(2,3)16-8-11-9-17-18-13(11)10-4-6-12(15)7-5-10/h4-7,9,16H,8H2,1-3H3,(H,17,18). The largest absolute Gasteiger partial charge is 0.308 e. The highest BCUT2D eigenvalue weighted by atomic mass is 19.1. The highest BCUT2D eigenvalue weighted by Gasteiger charge is 2.12. The molecule has 0 aliphatic rings. The lowest BCUT2D eigenvalue weighted by molar-refractivity contribution is 0.424. The molecule has 96 valence electrons. The topological polar surface area (TPSA) is 40.7 Å². The summed E-state index contributed by atoms with van der Waals surface area (Å²) < 4.78 is 12.9. The van der Waals surface area contributed by atoms with Crippen molar-refractivity contribution in [2.75, 3.05) is 0 Å². The number of hydrogen-bond donors (Lipinski definition) is 2. The summed E-state index contributed by atoms with van der Waals surface area (Å²) in [5, 5.41) is 10.4. The molecule has 18 heavy (non-hydrogen) atoms. The summed E-state index contributed by atoms with van der Waals surface area (Å²) in [5.74, 6) is -0.229. The zero-order valence-electron chi connectivity index (χ0n) is 10.9. The van der Waals surface area contributed by atoms with Crippen molar-refractivity contribution in [1.29, 1.82) is 0 Å². The Kier molecular flexibility index (Phi) is 3.48. The number of halogens is 1. The fourth-order valence-corrected chi connectivity index (χ4v) is 1.67. The number of benzene rings is 1. The minimum atomic E-state index is -0.229. The van der Waals surface area contributed by atoms with Gasteiger partial charge in [-0.05, 0) is 45.0 Å². The molecule has 0 saturated heterocycles. The van der Waals surface area contributed by atoms with E-state index in [0.717, 1.165) is 23.4 Å². The second-order valence-electron chi connectivity index (χ2n) is 5.38. The van der Waals surface area contributed by atoms with Crippen LogP contribution < -0.4 is 5.32 Å². The molecule has 0 fully saturated rings. The summed E-state index contributed by atoms with van der Waals surface area (Å²) in [6.45, 7) is 7.08. The molecule has 2 N–H and O–H groups in total. The van der Waals surface area contributed by atoms with Gasteiger partial charge < -0.3 is 5.32 Å². The van der Waals surface area contributed by atoms with Crippen LogP contribution in [0.2, 0.25) is 0 Å². The predicted octanol–water partition coefficient (Wildman–Crippen LogP) is 3.10. The van der Waals surface area contributed by atoms with E-state index < -0.39 is 0 Å². The molecule has 1 aromatic carbocycles. The maximum atomic E-state index is 12.9. The minimum absolute atomic E-state index is 0.0529. The molecule has 1 heterocycles. The van der Waals surface area contributed by atoms with Crippen molar-refractivity contribution in [1.82, 2.24) is 15.5 Å². The van der Waals surface area contributed by atoms with E-state index in [1.807, 2.05) is 0 Å². The van der Waals surface area contributed by atoms with Crippen LogP contribution in [0.3, 0.4) is 0 Å². The number of hydrogen-bond acceptors (Lipinski definition) is 2. The average Bonchev–Trinajstić information content (AvgIpc) is 2.75. The number of nitrogens with one attached hydrogen (secondary N) is 2. The van der Waals surface area contributed by atoms with Crippen LogP contribution in [-0.2, 0) is 6.54 Å². The highest BCUT2D eigenvalue weighted by Crippen LogP contribution is 2.21. The Hall–Kier alpha value is -1.68. The Morgan fingerprint density at radius 2 is 1.89 bits per heavy atom. The van der Waals surface area contributed by atoms with Gasteiger partial charge in [0.25, 0.3) is 0 Å². The third kappa shape index (κ3) is 3.17. The van der Waals surface area contributed by atoms with E-state index in [9.17, 15) is 4.39 Å². The lowest BCUT2D eigenvalue weighted by Gasteiger charge is -2.20. The van der Waals surface area contributed by atoms with E-state index in [4.69, 9.17) is 0 Å². The number of aromatic amines is 1. The van der Waals surface area contributed by atoms with Gasteiger partial charge >= 0.3 is 0 Å². The van der Waals surface area contributed by atoms with Gasteiger partial charge in [0.15, 0.2) is 0 Å². The Bertz CT molecular complexity index is 509. The third-order valence-electron chi connectivity index (χ3n) is 2.66. The second-order valence-corrected chi connectivity index (χ2v) is 5.38. The Morgan fingerprint density at radius 3 is 2.50 bits per heavy atom. The molecule has 0 saturated carbocycles. The Morgan fingerprint density at radius 1 is 1.22 bits per heavy atom. The lowest BCUT2D eigenvalue weighted by Crippen LogP contribution is -2.35. The van der Waals surface area contributed by atoms with Crippen LogP contribution >= 0.6 is 0 Å². The Balaban J connectivity index is 2.20. The number of H-pyrrole nitrogens is 1. The van der Waals surface area contributed by atoms with Crippen LogP contribution in [0.15, 0.2) is 30.5 Å². The molecule has 0 bridgehead atoms. The fourth-order valence-electron chi connectivity index (χ4n) is 1.67.